The Labute approximate surface area is 89.1 Å². The van der Waals surface area contributed by atoms with Gasteiger partial charge in [-0.15, -0.1) is 0 Å². The van der Waals surface area contributed by atoms with Crippen molar-refractivity contribution in [2.24, 2.45) is 0 Å². The normalized spacial score (nSPS) is 12.2. The molecule has 0 bridgehead atoms. The second-order valence-corrected chi connectivity index (χ2v) is 3.17. The second-order valence-electron chi connectivity index (χ2n) is 3.17. The SMILES string of the molecule is CNOC(OC(C)=O)c1ccc(C)cc1. The molecule has 1 aromatic rings. The molecular formula is C11H15NO3. The molecule has 0 aromatic heterocycles. The van der Waals surface area contributed by atoms with Crippen LogP contribution in [0.15, 0.2) is 24.3 Å². The highest BCUT2D eigenvalue weighted by Crippen LogP contribution is 2.18. The van der Waals surface area contributed by atoms with E-state index in [9.17, 15) is 4.79 Å². The van der Waals surface area contributed by atoms with Gasteiger partial charge < -0.3 is 4.74 Å². The minimum atomic E-state index is -0.701. The van der Waals surface area contributed by atoms with Gasteiger partial charge in [-0.3, -0.25) is 9.63 Å². The lowest BCUT2D eigenvalue weighted by Gasteiger charge is -2.16. The van der Waals surface area contributed by atoms with Gasteiger partial charge in [-0.1, -0.05) is 29.8 Å². The summed E-state index contributed by atoms with van der Waals surface area (Å²) >= 11 is 0. The molecule has 4 heteroatoms. The highest BCUT2D eigenvalue weighted by Gasteiger charge is 2.14. The molecule has 1 N–H and O–H groups in total. The molecule has 0 radical (unpaired) electrons. The van der Waals surface area contributed by atoms with E-state index in [1.54, 1.807) is 7.05 Å². The zero-order valence-corrected chi connectivity index (χ0v) is 9.11. The van der Waals surface area contributed by atoms with Gasteiger partial charge in [-0.2, -0.15) is 0 Å². The third-order valence-electron chi connectivity index (χ3n) is 1.85. The summed E-state index contributed by atoms with van der Waals surface area (Å²) in [6.07, 6.45) is -0.701. The number of esters is 1. The number of carbonyl (C=O) groups excluding carboxylic acids is 1. The van der Waals surface area contributed by atoms with Crippen LogP contribution in [-0.4, -0.2) is 13.0 Å². The molecule has 4 nitrogen and oxygen atoms in total. The van der Waals surface area contributed by atoms with E-state index in [1.165, 1.54) is 6.92 Å². The minimum absolute atomic E-state index is 0.379. The van der Waals surface area contributed by atoms with E-state index in [4.69, 9.17) is 9.57 Å². The van der Waals surface area contributed by atoms with Gasteiger partial charge in [0.2, 0.25) is 6.29 Å². The topological polar surface area (TPSA) is 47.6 Å². The summed E-state index contributed by atoms with van der Waals surface area (Å²) in [5.74, 6) is -0.379. The molecule has 1 rings (SSSR count). The van der Waals surface area contributed by atoms with E-state index in [0.29, 0.717) is 0 Å². The van der Waals surface area contributed by atoms with Gasteiger partial charge in [0, 0.05) is 19.5 Å². The van der Waals surface area contributed by atoms with Crippen molar-refractivity contribution in [3.8, 4) is 0 Å². The molecule has 0 fully saturated rings. The van der Waals surface area contributed by atoms with Crippen LogP contribution in [-0.2, 0) is 14.4 Å². The highest BCUT2D eigenvalue weighted by molar-refractivity contribution is 5.66. The first kappa shape index (κ1) is 11.7. The number of rotatable bonds is 4. The Kier molecular flexibility index (Phi) is 4.27. The number of hydrogen-bond donors (Lipinski definition) is 1. The first-order chi connectivity index (χ1) is 7.13. The van der Waals surface area contributed by atoms with Crippen molar-refractivity contribution >= 4 is 5.97 Å². The number of aryl methyl sites for hydroxylation is 1. The molecular weight excluding hydrogens is 194 g/mol. The van der Waals surface area contributed by atoms with Crippen molar-refractivity contribution in [3.63, 3.8) is 0 Å². The third kappa shape index (κ3) is 3.69. The lowest BCUT2D eigenvalue weighted by atomic mass is 10.1. The highest BCUT2D eigenvalue weighted by atomic mass is 16.8. The maximum Gasteiger partial charge on any atom is 0.305 e. The summed E-state index contributed by atoms with van der Waals surface area (Å²) in [4.78, 5) is 15.9. The Morgan fingerprint density at radius 1 is 1.33 bits per heavy atom. The molecule has 0 saturated heterocycles. The monoisotopic (exact) mass is 209 g/mol. The lowest BCUT2D eigenvalue weighted by Crippen LogP contribution is -2.18. The van der Waals surface area contributed by atoms with Crippen LogP contribution in [0.1, 0.15) is 24.3 Å². The summed E-state index contributed by atoms with van der Waals surface area (Å²) < 4.78 is 4.99. The molecule has 15 heavy (non-hydrogen) atoms. The Morgan fingerprint density at radius 3 is 2.40 bits per heavy atom. The van der Waals surface area contributed by atoms with Crippen LogP contribution in [0.5, 0.6) is 0 Å². The van der Waals surface area contributed by atoms with Gasteiger partial charge in [-0.05, 0) is 6.92 Å². The smallest absolute Gasteiger partial charge is 0.305 e. The van der Waals surface area contributed by atoms with Crippen molar-refractivity contribution in [1.82, 2.24) is 5.48 Å². The average Bonchev–Trinajstić information content (AvgIpc) is 2.17. The van der Waals surface area contributed by atoms with E-state index in [1.807, 2.05) is 31.2 Å². The Morgan fingerprint density at radius 2 is 1.93 bits per heavy atom. The van der Waals surface area contributed by atoms with E-state index in [0.717, 1.165) is 11.1 Å². The molecule has 0 amide bonds. The van der Waals surface area contributed by atoms with E-state index in [-0.39, 0.29) is 5.97 Å². The van der Waals surface area contributed by atoms with E-state index in [2.05, 4.69) is 5.48 Å². The van der Waals surface area contributed by atoms with Gasteiger partial charge >= 0.3 is 5.97 Å². The Balaban J connectivity index is 2.78. The summed E-state index contributed by atoms with van der Waals surface area (Å²) in [6, 6.07) is 7.59. The van der Waals surface area contributed by atoms with Gasteiger partial charge in [-0.25, -0.2) is 5.48 Å². The van der Waals surface area contributed by atoms with Crippen LogP contribution < -0.4 is 5.48 Å². The van der Waals surface area contributed by atoms with E-state index < -0.39 is 6.29 Å². The van der Waals surface area contributed by atoms with Gasteiger partial charge in [0.05, 0.1) is 0 Å². The molecule has 0 spiro atoms. The fourth-order valence-electron chi connectivity index (χ4n) is 1.14. The van der Waals surface area contributed by atoms with Crippen molar-refractivity contribution < 1.29 is 14.4 Å². The zero-order chi connectivity index (χ0) is 11.3. The largest absolute Gasteiger partial charge is 0.430 e. The zero-order valence-electron chi connectivity index (χ0n) is 9.11. The number of ether oxygens (including phenoxy) is 1. The van der Waals surface area contributed by atoms with Crippen LogP contribution in [0.25, 0.3) is 0 Å². The number of hydroxylamine groups is 1. The van der Waals surface area contributed by atoms with Crippen molar-refractivity contribution in [1.29, 1.82) is 0 Å². The lowest BCUT2D eigenvalue weighted by molar-refractivity contribution is -0.192. The van der Waals surface area contributed by atoms with Crippen LogP contribution >= 0.6 is 0 Å². The number of carbonyl (C=O) groups is 1. The first-order valence-electron chi connectivity index (χ1n) is 4.69. The molecule has 1 aromatic carbocycles. The van der Waals surface area contributed by atoms with Crippen LogP contribution in [0.2, 0.25) is 0 Å². The second kappa shape index (κ2) is 5.48. The summed E-state index contributed by atoms with van der Waals surface area (Å²) in [6.45, 7) is 3.34. The van der Waals surface area contributed by atoms with Crippen molar-refractivity contribution in [2.45, 2.75) is 20.1 Å². The van der Waals surface area contributed by atoms with Crippen LogP contribution in [0.3, 0.4) is 0 Å². The number of nitrogens with one attached hydrogen (secondary N) is 1. The molecule has 0 saturated carbocycles. The van der Waals surface area contributed by atoms with Gasteiger partial charge in [0.25, 0.3) is 0 Å². The molecule has 1 unspecified atom stereocenters. The fraction of sp³-hybridized carbons (Fsp3) is 0.364. The number of benzene rings is 1. The Bertz CT molecular complexity index is 321. The van der Waals surface area contributed by atoms with Crippen LogP contribution in [0, 0.1) is 6.92 Å². The van der Waals surface area contributed by atoms with Crippen LogP contribution in [0.4, 0.5) is 0 Å². The molecule has 0 aliphatic heterocycles. The summed E-state index contributed by atoms with van der Waals surface area (Å²) in [7, 11) is 1.62. The molecule has 1 atom stereocenters. The summed E-state index contributed by atoms with van der Waals surface area (Å²) in [5.41, 5.74) is 4.45. The van der Waals surface area contributed by atoms with Gasteiger partial charge in [0.15, 0.2) is 0 Å². The van der Waals surface area contributed by atoms with Crippen molar-refractivity contribution in [2.75, 3.05) is 7.05 Å². The molecule has 82 valence electrons. The summed E-state index contributed by atoms with van der Waals surface area (Å²) in [5, 5.41) is 0. The fourth-order valence-corrected chi connectivity index (χ4v) is 1.14. The van der Waals surface area contributed by atoms with Gasteiger partial charge in [0.1, 0.15) is 0 Å². The maximum absolute atomic E-state index is 10.8. The standard InChI is InChI=1S/C11H15NO3/c1-8-4-6-10(7-5-8)11(15-12-3)14-9(2)13/h4-7,11-12H,1-3H3. The average molecular weight is 209 g/mol. The first-order valence-corrected chi connectivity index (χ1v) is 4.69. The molecule has 0 aliphatic carbocycles. The minimum Gasteiger partial charge on any atom is -0.430 e. The Hall–Kier alpha value is -1.39. The predicted octanol–water partition coefficient (Wildman–Crippen LogP) is 1.71. The number of hydrogen-bond acceptors (Lipinski definition) is 4. The predicted molar refractivity (Wildman–Crippen MR) is 55.8 cm³/mol. The maximum atomic E-state index is 10.8. The third-order valence-corrected chi connectivity index (χ3v) is 1.85. The quantitative estimate of drug-likeness (QED) is 0.466. The van der Waals surface area contributed by atoms with Crippen molar-refractivity contribution in [3.05, 3.63) is 35.4 Å². The molecule has 0 heterocycles. The van der Waals surface area contributed by atoms with E-state index >= 15 is 0 Å². The molecule has 0 aliphatic rings.